The van der Waals surface area contributed by atoms with Crippen molar-refractivity contribution >= 4 is 34.0 Å². The Balaban J connectivity index is 1.53. The minimum absolute atomic E-state index is 0.00935. The third-order valence-corrected chi connectivity index (χ3v) is 5.18. The molecule has 0 N–H and O–H groups in total. The van der Waals surface area contributed by atoms with Crippen LogP contribution in [0.4, 0.5) is 5.69 Å². The summed E-state index contributed by atoms with van der Waals surface area (Å²) in [4.78, 5) is 21.4. The number of carbonyl (C=O) groups is 1. The Morgan fingerprint density at radius 2 is 1.85 bits per heavy atom. The molecule has 0 radical (unpaired) electrons. The molecule has 138 valence electrons. The fourth-order valence-electron chi connectivity index (χ4n) is 3.53. The molecular formula is C21H20ClN3O2. The standard InChI is InChI=1S/C21H20ClN3O2/c1-27-20-5-3-2-4-19(20)24-8-10-25(11-9-24)21(26)18-14-23-13-15-12-16(22)6-7-17(15)18/h2-7,12-14H,8-11H2,1H3. The van der Waals surface area contributed by atoms with Crippen molar-refractivity contribution in [2.24, 2.45) is 0 Å². The summed E-state index contributed by atoms with van der Waals surface area (Å²) in [7, 11) is 1.68. The van der Waals surface area contributed by atoms with Gasteiger partial charge in [-0.2, -0.15) is 0 Å². The SMILES string of the molecule is COc1ccccc1N1CCN(C(=O)c2cncc3cc(Cl)ccc23)CC1. The van der Waals surface area contributed by atoms with Crippen molar-refractivity contribution in [3.8, 4) is 5.75 Å². The summed E-state index contributed by atoms with van der Waals surface area (Å²) < 4.78 is 5.46. The molecule has 1 amide bonds. The number of halogens is 1. The van der Waals surface area contributed by atoms with Crippen molar-refractivity contribution in [2.45, 2.75) is 0 Å². The Morgan fingerprint density at radius 1 is 1.07 bits per heavy atom. The number of benzene rings is 2. The average molecular weight is 382 g/mol. The van der Waals surface area contributed by atoms with Gasteiger partial charge in [-0.1, -0.05) is 29.8 Å². The van der Waals surface area contributed by atoms with Crippen LogP contribution >= 0.6 is 11.6 Å². The third-order valence-electron chi connectivity index (χ3n) is 4.94. The summed E-state index contributed by atoms with van der Waals surface area (Å²) in [5.41, 5.74) is 1.68. The number of amides is 1. The first-order valence-corrected chi connectivity index (χ1v) is 9.25. The maximum absolute atomic E-state index is 13.1. The molecule has 1 saturated heterocycles. The lowest BCUT2D eigenvalue weighted by molar-refractivity contribution is 0.0748. The Kier molecular flexibility index (Phi) is 4.86. The van der Waals surface area contributed by atoms with Gasteiger partial charge in [0.15, 0.2) is 0 Å². The van der Waals surface area contributed by atoms with Crippen molar-refractivity contribution < 1.29 is 9.53 Å². The van der Waals surface area contributed by atoms with Crippen LogP contribution in [0.2, 0.25) is 5.02 Å². The number of rotatable bonds is 3. The number of ether oxygens (including phenoxy) is 1. The third kappa shape index (κ3) is 3.43. The van der Waals surface area contributed by atoms with Crippen LogP contribution in [0.25, 0.3) is 10.8 Å². The number of hydrogen-bond acceptors (Lipinski definition) is 4. The molecular weight excluding hydrogens is 362 g/mol. The van der Waals surface area contributed by atoms with Gasteiger partial charge >= 0.3 is 0 Å². The maximum atomic E-state index is 13.1. The topological polar surface area (TPSA) is 45.7 Å². The molecule has 1 aliphatic rings. The highest BCUT2D eigenvalue weighted by Crippen LogP contribution is 2.29. The lowest BCUT2D eigenvalue weighted by Gasteiger charge is -2.36. The van der Waals surface area contributed by atoms with Crippen LogP contribution in [0.15, 0.2) is 54.9 Å². The summed E-state index contributed by atoms with van der Waals surface area (Å²) in [5, 5.41) is 2.40. The first kappa shape index (κ1) is 17.6. The van der Waals surface area contributed by atoms with Gasteiger partial charge in [0.05, 0.1) is 18.4 Å². The van der Waals surface area contributed by atoms with Crippen LogP contribution in [0.5, 0.6) is 5.75 Å². The molecule has 27 heavy (non-hydrogen) atoms. The van der Waals surface area contributed by atoms with Crippen molar-refractivity contribution in [3.05, 3.63) is 65.4 Å². The summed E-state index contributed by atoms with van der Waals surface area (Å²) in [6.07, 6.45) is 3.38. The summed E-state index contributed by atoms with van der Waals surface area (Å²) in [6, 6.07) is 13.5. The fourth-order valence-corrected chi connectivity index (χ4v) is 3.71. The molecule has 0 unspecified atom stereocenters. The van der Waals surface area contributed by atoms with Crippen LogP contribution in [0.1, 0.15) is 10.4 Å². The molecule has 5 nitrogen and oxygen atoms in total. The molecule has 0 bridgehead atoms. The van der Waals surface area contributed by atoms with E-state index >= 15 is 0 Å². The number of aromatic nitrogens is 1. The number of para-hydroxylation sites is 2. The molecule has 0 atom stereocenters. The zero-order valence-electron chi connectivity index (χ0n) is 15.1. The van der Waals surface area contributed by atoms with Gasteiger partial charge in [0, 0.05) is 49.0 Å². The van der Waals surface area contributed by atoms with Crippen molar-refractivity contribution in [3.63, 3.8) is 0 Å². The zero-order chi connectivity index (χ0) is 18.8. The summed E-state index contributed by atoms with van der Waals surface area (Å²) in [5.74, 6) is 0.863. The zero-order valence-corrected chi connectivity index (χ0v) is 15.8. The Labute approximate surface area is 163 Å². The lowest BCUT2D eigenvalue weighted by Crippen LogP contribution is -2.49. The highest BCUT2D eigenvalue weighted by Gasteiger charge is 2.24. The van der Waals surface area contributed by atoms with Crippen molar-refractivity contribution in [2.75, 3.05) is 38.2 Å². The van der Waals surface area contributed by atoms with Gasteiger partial charge in [-0.3, -0.25) is 9.78 Å². The molecule has 1 aliphatic heterocycles. The molecule has 0 aliphatic carbocycles. The average Bonchev–Trinajstić information content (AvgIpc) is 2.72. The van der Waals surface area contributed by atoms with Gasteiger partial charge in [-0.05, 0) is 29.7 Å². The quantitative estimate of drug-likeness (QED) is 0.691. The van der Waals surface area contributed by atoms with E-state index in [2.05, 4.69) is 16.0 Å². The molecule has 1 fully saturated rings. The van der Waals surface area contributed by atoms with Gasteiger partial charge in [-0.25, -0.2) is 0 Å². The highest BCUT2D eigenvalue weighted by atomic mass is 35.5. The Morgan fingerprint density at radius 3 is 2.63 bits per heavy atom. The molecule has 6 heteroatoms. The minimum Gasteiger partial charge on any atom is -0.495 e. The normalized spacial score (nSPS) is 14.4. The Hall–Kier alpha value is -2.79. The van der Waals surface area contributed by atoms with E-state index in [9.17, 15) is 4.79 Å². The van der Waals surface area contributed by atoms with Crippen LogP contribution in [0, 0.1) is 0 Å². The number of pyridine rings is 1. The minimum atomic E-state index is 0.00935. The van der Waals surface area contributed by atoms with E-state index < -0.39 is 0 Å². The van der Waals surface area contributed by atoms with E-state index in [-0.39, 0.29) is 5.91 Å². The molecule has 2 heterocycles. The highest BCUT2D eigenvalue weighted by molar-refractivity contribution is 6.31. The van der Waals surface area contributed by atoms with Crippen molar-refractivity contribution in [1.82, 2.24) is 9.88 Å². The van der Waals surface area contributed by atoms with E-state index in [0.717, 1.165) is 35.3 Å². The molecule has 4 rings (SSSR count). The monoisotopic (exact) mass is 381 g/mol. The summed E-state index contributed by atoms with van der Waals surface area (Å²) >= 11 is 6.06. The van der Waals surface area contributed by atoms with E-state index in [0.29, 0.717) is 23.7 Å². The van der Waals surface area contributed by atoms with E-state index in [1.807, 2.05) is 35.2 Å². The number of anilines is 1. The second-order valence-electron chi connectivity index (χ2n) is 6.50. The molecule has 0 spiro atoms. The number of piperazine rings is 1. The second kappa shape index (κ2) is 7.45. The maximum Gasteiger partial charge on any atom is 0.256 e. The number of carbonyl (C=O) groups excluding carboxylic acids is 1. The van der Waals surface area contributed by atoms with Crippen LogP contribution in [0.3, 0.4) is 0 Å². The van der Waals surface area contributed by atoms with Crippen LogP contribution in [-0.4, -0.2) is 49.1 Å². The van der Waals surface area contributed by atoms with E-state index in [1.54, 1.807) is 25.6 Å². The molecule has 1 aromatic heterocycles. The Bertz CT molecular complexity index is 984. The lowest BCUT2D eigenvalue weighted by atomic mass is 10.1. The van der Waals surface area contributed by atoms with E-state index in [1.165, 1.54) is 0 Å². The van der Waals surface area contributed by atoms with Gasteiger partial charge in [0.25, 0.3) is 5.91 Å². The molecule has 0 saturated carbocycles. The smallest absolute Gasteiger partial charge is 0.256 e. The van der Waals surface area contributed by atoms with Crippen LogP contribution in [-0.2, 0) is 0 Å². The number of fused-ring (bicyclic) bond motifs is 1. The molecule has 2 aromatic carbocycles. The number of methoxy groups -OCH3 is 1. The second-order valence-corrected chi connectivity index (χ2v) is 6.94. The van der Waals surface area contributed by atoms with Gasteiger partial charge in [0.1, 0.15) is 5.75 Å². The first-order chi connectivity index (χ1) is 13.2. The van der Waals surface area contributed by atoms with Gasteiger partial charge in [0.2, 0.25) is 0 Å². The van der Waals surface area contributed by atoms with E-state index in [4.69, 9.17) is 16.3 Å². The summed E-state index contributed by atoms with van der Waals surface area (Å²) in [6.45, 7) is 2.83. The molecule has 3 aromatic rings. The predicted octanol–water partition coefficient (Wildman–Crippen LogP) is 3.86. The van der Waals surface area contributed by atoms with Crippen molar-refractivity contribution in [1.29, 1.82) is 0 Å². The number of hydrogen-bond donors (Lipinski definition) is 0. The largest absolute Gasteiger partial charge is 0.495 e. The number of nitrogens with zero attached hydrogens (tertiary/aromatic N) is 3. The van der Waals surface area contributed by atoms with Crippen LogP contribution < -0.4 is 9.64 Å². The van der Waals surface area contributed by atoms with Gasteiger partial charge < -0.3 is 14.5 Å². The first-order valence-electron chi connectivity index (χ1n) is 8.88. The van der Waals surface area contributed by atoms with Gasteiger partial charge in [-0.15, -0.1) is 0 Å². The fraction of sp³-hybridized carbons (Fsp3) is 0.238. The predicted molar refractivity (Wildman–Crippen MR) is 108 cm³/mol.